The summed E-state index contributed by atoms with van der Waals surface area (Å²) < 4.78 is 23.1. The molecule has 0 aromatic heterocycles. The lowest BCUT2D eigenvalue weighted by Gasteiger charge is -2.41. The number of thiocarbonyl (C=S) groups is 1. The van der Waals surface area contributed by atoms with E-state index in [1.54, 1.807) is 63.8 Å². The van der Waals surface area contributed by atoms with Crippen LogP contribution in [0.4, 0.5) is 15.3 Å². The van der Waals surface area contributed by atoms with E-state index in [2.05, 4.69) is 21.3 Å². The predicted octanol–water partition coefficient (Wildman–Crippen LogP) is 5.06. The van der Waals surface area contributed by atoms with Gasteiger partial charge in [-0.2, -0.15) is 0 Å². The number of imide groups is 1. The zero-order valence-electron chi connectivity index (χ0n) is 57.8. The summed E-state index contributed by atoms with van der Waals surface area (Å²) in [7, 11) is 7.42. The quantitative estimate of drug-likeness (QED) is 0.0221. The van der Waals surface area contributed by atoms with E-state index >= 15 is 0 Å². The van der Waals surface area contributed by atoms with Gasteiger partial charge in [0.05, 0.1) is 42.8 Å². The van der Waals surface area contributed by atoms with Crippen molar-refractivity contribution in [2.75, 3.05) is 60.0 Å². The van der Waals surface area contributed by atoms with Crippen LogP contribution in [-0.4, -0.2) is 199 Å². The van der Waals surface area contributed by atoms with Crippen LogP contribution in [-0.2, 0) is 75.1 Å². The fraction of sp³-hybridized carbons (Fsp3) is 0.618. The molecule has 8 N–H and O–H groups in total. The number of nitrogens with zero attached hydrogens (tertiary/aromatic N) is 5. The molecular formula is C68H103N11O15S. The molecule has 95 heavy (non-hydrogen) atoms. The molecule has 0 radical (unpaired) electrons. The van der Waals surface area contributed by atoms with Crippen molar-refractivity contribution in [3.8, 4) is 0 Å². The molecule has 0 bridgehead atoms. The Morgan fingerprint density at radius 3 is 1.95 bits per heavy atom. The van der Waals surface area contributed by atoms with E-state index in [4.69, 9.17) is 42.6 Å². The highest BCUT2D eigenvalue weighted by Gasteiger charge is 2.45. The number of esters is 1. The molecule has 26 nitrogen and oxygen atoms in total. The van der Waals surface area contributed by atoms with Gasteiger partial charge in [-0.1, -0.05) is 116 Å². The molecule has 2 aromatic carbocycles. The van der Waals surface area contributed by atoms with Crippen molar-refractivity contribution in [3.05, 3.63) is 77.9 Å². The average molecular weight is 1350 g/mol. The number of nitrogens with one attached hydrogen (secondary N) is 4. The molecule has 4 rings (SSSR count). The summed E-state index contributed by atoms with van der Waals surface area (Å²) in [6.07, 6.45) is 4.04. The number of likely N-dealkylation sites (N-methyl/N-ethyl adjacent to an activating group) is 2. The van der Waals surface area contributed by atoms with Crippen LogP contribution in [0, 0.1) is 23.7 Å². The highest BCUT2D eigenvalue weighted by atomic mass is 32.1. The van der Waals surface area contributed by atoms with Crippen molar-refractivity contribution in [3.63, 3.8) is 0 Å². The van der Waals surface area contributed by atoms with Crippen LogP contribution in [0.1, 0.15) is 138 Å². The third-order valence-corrected chi connectivity index (χ3v) is 18.6. The lowest BCUT2D eigenvalue weighted by atomic mass is 9.89. The summed E-state index contributed by atoms with van der Waals surface area (Å²) >= 11 is 5.90. The second-order valence-electron chi connectivity index (χ2n) is 25.7. The number of benzene rings is 2. The van der Waals surface area contributed by atoms with Crippen LogP contribution < -0.4 is 37.6 Å². The maximum Gasteiger partial charge on any atom is 0.410 e. The molecule has 2 aliphatic rings. The lowest BCUT2D eigenvalue weighted by molar-refractivity contribution is -0.147. The third kappa shape index (κ3) is 22.3. The van der Waals surface area contributed by atoms with Crippen LogP contribution in [0.3, 0.4) is 0 Å². The maximum absolute atomic E-state index is 14.8. The minimum absolute atomic E-state index is 0.00256. The summed E-state index contributed by atoms with van der Waals surface area (Å²) in [5, 5.41) is 11.4. The molecule has 2 aromatic rings. The number of primary amides is 2. The van der Waals surface area contributed by atoms with Gasteiger partial charge < -0.3 is 61.5 Å². The van der Waals surface area contributed by atoms with Crippen molar-refractivity contribution in [1.82, 2.24) is 40.9 Å². The molecule has 27 heteroatoms. The first-order chi connectivity index (χ1) is 44.9. The molecule has 0 aliphatic carbocycles. The Labute approximate surface area is 564 Å². The standard InChI is InChI=1S/C68H103N11O15S/c1-15-43(6)58(51(91-12)39-55(83)77-37-23-27-49(77)59(92-13)44(7)61(95)72-48(64(87)93-14)38-45-24-18-16-19-25-45)75(10)62(85)56(41(2)3)74-65(88)68(8,9)76(11)67(90)94-40-46-29-31-47(32-30-46)79(50(60(69)84)26-22-35-71-66(70)89)63(86)57(42(4)5)73-52(80)28-20-17-21-36-78-53(81)33-34-54(78)82/h16,18-19,24-25,29-34,41-44,48-51,56-59H,15,17,20-23,26-28,35-40H2,1-14H3,(H2,69,84)(H,72,95)(H,73,80)(H,74,88)(H3,70,71,89)/t43-,44+,48-,49-,50-,51+,56-,57-,58-,59+/m0/s1. The SMILES string of the molecule is CC[C@H](C)[C@@H]([C@@H](CC(=O)N1CCC[C@H]1[C@H](OC)[C@@H](C)C(=S)N[C@@H](Cc1ccccc1)C(=O)OC)OC)N(C)C(=O)[C@@H](NC(=O)C(C)(C)N(C)C(=O)OCc1ccc(N(C(=O)[C@@H](NC(=O)CCCCCN2C(=O)C=CC2=O)C(C)C)[C@@H](CCCNC(N)=O)C(N)=O)cc1)C(C)C. The van der Waals surface area contributed by atoms with Gasteiger partial charge in [-0.05, 0) is 93.4 Å². The summed E-state index contributed by atoms with van der Waals surface area (Å²) in [4.78, 5) is 154. The highest BCUT2D eigenvalue weighted by Crippen LogP contribution is 2.31. The maximum atomic E-state index is 14.8. The summed E-state index contributed by atoms with van der Waals surface area (Å²) in [6, 6.07) is 9.68. The minimum atomic E-state index is -1.59. The topological polar surface area (TPSA) is 341 Å². The molecule has 0 saturated carbocycles. The first-order valence-corrected chi connectivity index (χ1v) is 33.1. The number of unbranched alkanes of at least 4 members (excludes halogenated alkanes) is 2. The minimum Gasteiger partial charge on any atom is -0.467 e. The van der Waals surface area contributed by atoms with Gasteiger partial charge in [0.2, 0.25) is 29.5 Å². The summed E-state index contributed by atoms with van der Waals surface area (Å²) in [6.45, 7) is 16.3. The van der Waals surface area contributed by atoms with Crippen LogP contribution in [0.15, 0.2) is 66.7 Å². The summed E-state index contributed by atoms with van der Waals surface area (Å²) in [5.41, 5.74) is 11.2. The van der Waals surface area contributed by atoms with Gasteiger partial charge in [0.15, 0.2) is 0 Å². The van der Waals surface area contributed by atoms with Gasteiger partial charge in [-0.3, -0.25) is 53.1 Å². The molecule has 1 fully saturated rings. The number of methoxy groups -OCH3 is 3. The number of ether oxygens (including phenoxy) is 4. The number of carbonyl (C=O) groups is 11. The Balaban J connectivity index is 1.46. The first kappa shape index (κ1) is 79.4. The van der Waals surface area contributed by atoms with E-state index in [1.165, 1.54) is 64.3 Å². The Morgan fingerprint density at radius 2 is 1.39 bits per heavy atom. The monoisotopic (exact) mass is 1350 g/mol. The number of rotatable bonds is 38. The first-order valence-electron chi connectivity index (χ1n) is 32.7. The van der Waals surface area contributed by atoms with Crippen molar-refractivity contribution in [2.24, 2.45) is 35.1 Å². The van der Waals surface area contributed by atoms with Gasteiger partial charge in [-0.15, -0.1) is 0 Å². The molecule has 1 saturated heterocycles. The number of carbonyl (C=O) groups excluding carboxylic acids is 11. The van der Waals surface area contributed by atoms with E-state index in [0.717, 1.165) is 15.4 Å². The number of hydrogen-bond acceptors (Lipinski definition) is 16. The average Bonchev–Trinajstić information content (AvgIpc) is 1.22. The van der Waals surface area contributed by atoms with E-state index < -0.39 is 125 Å². The Kier molecular flexibility index (Phi) is 31.7. The Morgan fingerprint density at radius 1 is 0.768 bits per heavy atom. The Bertz CT molecular complexity index is 2990. The lowest BCUT2D eigenvalue weighted by Crippen LogP contribution is -2.62. The van der Waals surface area contributed by atoms with Crippen molar-refractivity contribution < 1.29 is 71.7 Å². The number of likely N-dealkylation sites (tertiary alicyclic amines) is 1. The van der Waals surface area contributed by atoms with Crippen LogP contribution in [0.5, 0.6) is 0 Å². The van der Waals surface area contributed by atoms with Crippen molar-refractivity contribution >= 4 is 88.2 Å². The largest absolute Gasteiger partial charge is 0.467 e. The van der Waals surface area contributed by atoms with Gasteiger partial charge in [0, 0.05) is 84.5 Å². The fourth-order valence-corrected chi connectivity index (χ4v) is 12.2. The van der Waals surface area contributed by atoms with Crippen LogP contribution >= 0.6 is 12.2 Å². The highest BCUT2D eigenvalue weighted by molar-refractivity contribution is 7.80. The second kappa shape index (κ2) is 37.9. The molecule has 0 unspecified atom stereocenters. The molecule has 526 valence electrons. The molecule has 2 aliphatic heterocycles. The van der Waals surface area contributed by atoms with Crippen molar-refractivity contribution in [2.45, 2.75) is 194 Å². The van der Waals surface area contributed by atoms with Crippen molar-refractivity contribution in [1.29, 1.82) is 0 Å². The second-order valence-corrected chi connectivity index (χ2v) is 26.2. The Hall–Kier alpha value is -8.04. The fourth-order valence-electron chi connectivity index (χ4n) is 11.9. The van der Waals surface area contributed by atoms with E-state index in [9.17, 15) is 52.7 Å². The van der Waals surface area contributed by atoms with Crippen LogP contribution in [0.25, 0.3) is 0 Å². The number of nitrogens with two attached hydrogens (primary N) is 2. The number of amides is 11. The number of anilines is 1. The predicted molar refractivity (Wildman–Crippen MR) is 361 cm³/mol. The zero-order chi connectivity index (χ0) is 71.0. The van der Waals surface area contributed by atoms with Gasteiger partial charge in [-0.25, -0.2) is 14.4 Å². The summed E-state index contributed by atoms with van der Waals surface area (Å²) in [5.74, 6) is -6.02. The van der Waals surface area contributed by atoms with Gasteiger partial charge >= 0.3 is 18.1 Å². The smallest absolute Gasteiger partial charge is 0.410 e. The van der Waals surface area contributed by atoms with Gasteiger partial charge in [0.25, 0.3) is 17.7 Å². The molecule has 0 spiro atoms. The third-order valence-electron chi connectivity index (χ3n) is 18.1. The molecule has 10 atom stereocenters. The van der Waals surface area contributed by atoms with Gasteiger partial charge in [0.1, 0.15) is 36.3 Å². The zero-order valence-corrected chi connectivity index (χ0v) is 58.6. The molecule has 11 amide bonds. The van der Waals surface area contributed by atoms with E-state index in [-0.39, 0.29) is 68.9 Å². The molecular weight excluding hydrogens is 1240 g/mol. The number of urea groups is 1. The molecule has 2 heterocycles. The van der Waals surface area contributed by atoms with Crippen LogP contribution in [0.2, 0.25) is 0 Å². The normalized spacial score (nSPS) is 16.7. The van der Waals surface area contributed by atoms with E-state index in [0.29, 0.717) is 62.0 Å². The number of hydrogen-bond donors (Lipinski definition) is 6. The van der Waals surface area contributed by atoms with E-state index in [1.807, 2.05) is 51.1 Å².